The Hall–Kier alpha value is 0.868. The minimum atomic E-state index is -0.586. The maximum atomic E-state index is 7.25. The molecule has 1 aliphatic rings. The zero-order valence-corrected chi connectivity index (χ0v) is 13.0. The van der Waals surface area contributed by atoms with Crippen molar-refractivity contribution in [2.24, 2.45) is 0 Å². The largest absolute Gasteiger partial charge is 0.120 e. The van der Waals surface area contributed by atoms with E-state index in [1.807, 2.05) is 0 Å². The zero-order chi connectivity index (χ0) is 12.6. The molecule has 0 atom stereocenters. The van der Waals surface area contributed by atoms with Gasteiger partial charge in [-0.15, -0.1) is 4.91 Å². The molecular formula is C10H15Cl2MoNO. The van der Waals surface area contributed by atoms with Crippen LogP contribution in [0.3, 0.4) is 0 Å². The summed E-state index contributed by atoms with van der Waals surface area (Å²) in [7, 11) is 9.79. The Balaban J connectivity index is 0. The van der Waals surface area contributed by atoms with Crippen LogP contribution in [0.5, 0.6) is 0 Å². The normalized spacial score (nSPS) is 20.5. The van der Waals surface area contributed by atoms with E-state index >= 15 is 0 Å². The molecule has 5 heteroatoms. The maximum absolute atomic E-state index is 7.25. The molecule has 1 saturated carbocycles. The molecule has 1 rings (SSSR count). The van der Waals surface area contributed by atoms with Crippen LogP contribution in [0.15, 0.2) is 0 Å². The molecule has 1 aliphatic carbocycles. The molecule has 0 N–H and O–H groups in total. The van der Waals surface area contributed by atoms with Gasteiger partial charge in [0.15, 0.2) is 0 Å². The van der Waals surface area contributed by atoms with Crippen LogP contribution in [0.2, 0.25) is 0 Å². The van der Waals surface area contributed by atoms with E-state index in [1.165, 1.54) is 29.6 Å². The molecule has 0 amide bonds. The molecule has 15 heavy (non-hydrogen) atoms. The molecule has 0 unspecified atom stereocenters. The molecule has 0 heterocycles. The molecular weight excluding hydrogens is 317 g/mol. The summed E-state index contributed by atoms with van der Waals surface area (Å²) in [6.07, 6.45) is 0. The Labute approximate surface area is 110 Å². The number of nitrogens with zero attached hydrogens (tertiary/aromatic N) is 1. The molecule has 1 fully saturated rings. The van der Waals surface area contributed by atoms with E-state index < -0.39 is 16.5 Å². The molecule has 0 saturated heterocycles. The van der Waals surface area contributed by atoms with Crippen LogP contribution in [0.4, 0.5) is 0 Å². The van der Waals surface area contributed by atoms with Crippen LogP contribution in [0.25, 0.3) is 0 Å². The molecule has 86 valence electrons. The third-order valence-electron chi connectivity index (χ3n) is 2.81. The van der Waals surface area contributed by atoms with Gasteiger partial charge in [0.2, 0.25) is 0 Å². The molecule has 2 nitrogen and oxygen atoms in total. The van der Waals surface area contributed by atoms with Crippen LogP contribution in [-0.2, 0) is 16.5 Å². The second-order valence-electron chi connectivity index (χ2n) is 3.18. The van der Waals surface area contributed by atoms with Crippen molar-refractivity contribution < 1.29 is 16.5 Å². The monoisotopic (exact) mass is 333 g/mol. The first kappa shape index (κ1) is 18.2. The summed E-state index contributed by atoms with van der Waals surface area (Å²) in [4.78, 5) is 7.25. The van der Waals surface area contributed by atoms with E-state index in [4.69, 9.17) is 29.3 Å². The summed E-state index contributed by atoms with van der Waals surface area (Å²) < 4.78 is 0. The first-order chi connectivity index (χ1) is 6.97. The van der Waals surface area contributed by atoms with Crippen molar-refractivity contribution in [2.75, 3.05) is 0 Å². The standard InChI is InChI=1S/C10H15.2ClH.Mo.NO/c1-6-7(2)9(4)10(5)8(6)3;;;;1-2/h1-5H3;2*1H;;/q;;;+2;/p-2. The van der Waals surface area contributed by atoms with E-state index in [-0.39, 0.29) is 0 Å². The Bertz CT molecular complexity index is 118. The fourth-order valence-corrected chi connectivity index (χ4v) is 1.41. The van der Waals surface area contributed by atoms with Crippen LogP contribution in [0, 0.1) is 34.5 Å². The first-order valence-electron chi connectivity index (χ1n) is 4.24. The van der Waals surface area contributed by atoms with Crippen LogP contribution >= 0.6 is 18.8 Å². The maximum Gasteiger partial charge on any atom is 0.120 e. The number of hydrogen-bond donors (Lipinski definition) is 0. The molecule has 0 bridgehead atoms. The van der Waals surface area contributed by atoms with Gasteiger partial charge in [-0.2, -0.15) is 0 Å². The molecule has 0 aromatic carbocycles. The molecule has 0 aromatic heterocycles. The predicted molar refractivity (Wildman–Crippen MR) is 61.8 cm³/mol. The van der Waals surface area contributed by atoms with Gasteiger partial charge in [-0.1, -0.05) is 34.6 Å². The average Bonchev–Trinajstić information content (AvgIpc) is 2.41. The minimum Gasteiger partial charge on any atom is -0.120 e. The zero-order valence-electron chi connectivity index (χ0n) is 9.52. The van der Waals surface area contributed by atoms with Gasteiger partial charge in [-0.05, 0) is 29.6 Å². The average molecular weight is 332 g/mol. The first-order valence-corrected chi connectivity index (χ1v) is 9.41. The smallest absolute Gasteiger partial charge is 0.120 e. The van der Waals surface area contributed by atoms with Crippen molar-refractivity contribution >= 4 is 18.8 Å². The quantitative estimate of drug-likeness (QED) is 0.620. The third kappa shape index (κ3) is 5.65. The van der Waals surface area contributed by atoms with Gasteiger partial charge in [-0.3, -0.25) is 0 Å². The summed E-state index contributed by atoms with van der Waals surface area (Å²) in [6, 6.07) is 0. The fraction of sp³-hybridized carbons (Fsp3) is 0.500. The predicted octanol–water partition coefficient (Wildman–Crippen LogP) is 3.90. The molecule has 0 aliphatic heterocycles. The molecule has 0 aromatic rings. The van der Waals surface area contributed by atoms with Gasteiger partial charge < -0.3 is 0 Å². The third-order valence-corrected chi connectivity index (χ3v) is 2.81. The summed E-state index contributed by atoms with van der Waals surface area (Å²) in [6.45, 7) is 11.0. The number of nitroso groups, excluding NO2 is 1. The Morgan fingerprint density at radius 2 is 0.800 bits per heavy atom. The van der Waals surface area contributed by atoms with Crippen molar-refractivity contribution in [2.45, 2.75) is 34.6 Å². The van der Waals surface area contributed by atoms with Crippen LogP contribution in [-0.4, -0.2) is 0 Å². The summed E-state index contributed by atoms with van der Waals surface area (Å²) in [5.41, 5.74) is 5.75. The minimum absolute atomic E-state index is 0.586. The van der Waals surface area contributed by atoms with E-state index in [1.54, 1.807) is 0 Å². The van der Waals surface area contributed by atoms with Gasteiger partial charge >= 0.3 is 35.3 Å². The van der Waals surface area contributed by atoms with E-state index in [9.17, 15) is 0 Å². The second kappa shape index (κ2) is 10.0. The van der Waals surface area contributed by atoms with Crippen molar-refractivity contribution in [1.82, 2.24) is 5.59 Å². The number of hydrogen-bond acceptors (Lipinski definition) is 1. The van der Waals surface area contributed by atoms with Crippen LogP contribution in [0.1, 0.15) is 34.6 Å². The van der Waals surface area contributed by atoms with E-state index in [2.05, 4.69) is 34.6 Å². The summed E-state index contributed by atoms with van der Waals surface area (Å²) in [5, 5.41) is 0. The van der Waals surface area contributed by atoms with Gasteiger partial charge in [0, 0.05) is 0 Å². The number of halogens is 2. The second-order valence-corrected chi connectivity index (χ2v) is 6.23. The number of rotatable bonds is 0. The van der Waals surface area contributed by atoms with Crippen molar-refractivity contribution in [1.29, 1.82) is 0 Å². The molecule has 6 radical (unpaired) electrons. The van der Waals surface area contributed by atoms with Crippen LogP contribution < -0.4 is 5.59 Å². The SMILES string of the molecule is C[C]1[C](C)[C](C)[C](C)[C]1C.[Cl][Mo][Cl].[N]=O. The van der Waals surface area contributed by atoms with Crippen molar-refractivity contribution in [3.8, 4) is 0 Å². The molecule has 0 spiro atoms. The summed E-state index contributed by atoms with van der Waals surface area (Å²) >= 11 is -0.586. The van der Waals surface area contributed by atoms with Crippen molar-refractivity contribution in [3.63, 3.8) is 0 Å². The Morgan fingerprint density at radius 1 is 0.733 bits per heavy atom. The summed E-state index contributed by atoms with van der Waals surface area (Å²) in [5.74, 6) is 7.34. The Morgan fingerprint density at radius 3 is 0.867 bits per heavy atom. The van der Waals surface area contributed by atoms with E-state index in [0.29, 0.717) is 0 Å². The topological polar surface area (TPSA) is 39.4 Å². The van der Waals surface area contributed by atoms with Gasteiger partial charge in [0.05, 0.1) is 0 Å². The van der Waals surface area contributed by atoms with E-state index in [0.717, 1.165) is 0 Å². The Kier molecular flexibility index (Phi) is 12.2. The van der Waals surface area contributed by atoms with Crippen molar-refractivity contribution in [3.05, 3.63) is 34.5 Å². The fourth-order valence-electron chi connectivity index (χ4n) is 1.41. The van der Waals surface area contributed by atoms with Gasteiger partial charge in [0.1, 0.15) is 5.59 Å². The van der Waals surface area contributed by atoms with Gasteiger partial charge in [-0.25, -0.2) is 0 Å². The van der Waals surface area contributed by atoms with Gasteiger partial charge in [0.25, 0.3) is 0 Å².